The van der Waals surface area contributed by atoms with E-state index in [0.29, 0.717) is 9.24 Å². The molecule has 0 saturated heterocycles. The van der Waals surface area contributed by atoms with Crippen molar-refractivity contribution < 1.29 is 19.2 Å². The Morgan fingerprint density at radius 2 is 1.97 bits per heavy atom. The topological polar surface area (TPSA) is 103 Å². The fraction of sp³-hybridized carbons (Fsp3) is 0.227. The monoisotopic (exact) mass is 471 g/mol. The van der Waals surface area contributed by atoms with Gasteiger partial charge in [-0.3, -0.25) is 14.9 Å². The van der Waals surface area contributed by atoms with E-state index in [4.69, 9.17) is 4.74 Å². The van der Waals surface area contributed by atoms with E-state index in [-0.39, 0.29) is 23.2 Å². The van der Waals surface area contributed by atoms with Crippen molar-refractivity contribution in [3.8, 4) is 0 Å². The lowest BCUT2D eigenvalue weighted by atomic mass is 10.1. The van der Waals surface area contributed by atoms with Crippen LogP contribution in [0.1, 0.15) is 34.6 Å². The van der Waals surface area contributed by atoms with Crippen molar-refractivity contribution in [2.45, 2.75) is 29.1 Å². The molecule has 0 spiro atoms. The number of likely N-dealkylation sites (N-methyl/N-ethyl adjacent to an activating group) is 1. The van der Waals surface area contributed by atoms with Crippen LogP contribution in [0.2, 0.25) is 0 Å². The number of ether oxygens (including phenoxy) is 1. The Morgan fingerprint density at radius 3 is 2.59 bits per heavy atom. The van der Waals surface area contributed by atoms with E-state index >= 15 is 0 Å². The highest BCUT2D eigenvalue weighted by Crippen LogP contribution is 2.34. The number of aryl methyl sites for hydroxylation is 1. The molecule has 1 atom stereocenters. The number of non-ortho nitro benzene ring substituents is 1. The predicted octanol–water partition coefficient (Wildman–Crippen LogP) is 4.89. The zero-order chi connectivity index (χ0) is 23.3. The highest BCUT2D eigenvalue weighted by molar-refractivity contribution is 8.01. The molecule has 0 aliphatic carbocycles. The van der Waals surface area contributed by atoms with E-state index in [1.165, 1.54) is 40.1 Å². The van der Waals surface area contributed by atoms with Crippen LogP contribution in [0.5, 0.6) is 0 Å². The van der Waals surface area contributed by atoms with Crippen molar-refractivity contribution >= 4 is 40.7 Å². The van der Waals surface area contributed by atoms with Crippen LogP contribution in [0.4, 0.5) is 5.69 Å². The highest BCUT2D eigenvalue weighted by atomic mass is 32.2. The molecule has 0 aliphatic rings. The predicted molar refractivity (Wildman–Crippen MR) is 122 cm³/mol. The van der Waals surface area contributed by atoms with Gasteiger partial charge in [0.2, 0.25) is 0 Å². The van der Waals surface area contributed by atoms with Crippen LogP contribution in [0.15, 0.2) is 63.1 Å². The Hall–Kier alpha value is -3.24. The molecule has 1 aromatic heterocycles. The van der Waals surface area contributed by atoms with Crippen LogP contribution in [0.25, 0.3) is 0 Å². The second-order valence-electron chi connectivity index (χ2n) is 6.96. The number of carbonyl (C=O) groups excluding carboxylic acids is 2. The molecule has 3 aromatic rings. The summed E-state index contributed by atoms with van der Waals surface area (Å²) >= 11 is 2.62. The highest BCUT2D eigenvalue weighted by Gasteiger charge is 2.23. The molecule has 32 heavy (non-hydrogen) atoms. The van der Waals surface area contributed by atoms with Crippen LogP contribution in [-0.2, 0) is 9.53 Å². The number of hydrogen-bond donors (Lipinski definition) is 0. The molecule has 0 bridgehead atoms. The van der Waals surface area contributed by atoms with Crippen molar-refractivity contribution in [2.75, 3.05) is 13.7 Å². The average Bonchev–Trinajstić information content (AvgIpc) is 3.21. The zero-order valence-electron chi connectivity index (χ0n) is 17.7. The minimum absolute atomic E-state index is 0.0172. The Morgan fingerprint density at radius 1 is 1.25 bits per heavy atom. The lowest BCUT2D eigenvalue weighted by Crippen LogP contribution is -2.33. The van der Waals surface area contributed by atoms with E-state index in [0.717, 1.165) is 17.3 Å². The Labute approximate surface area is 193 Å². The number of carbonyl (C=O) groups is 2. The van der Waals surface area contributed by atoms with Gasteiger partial charge in [-0.2, -0.15) is 0 Å². The lowest BCUT2D eigenvalue weighted by Gasteiger charge is -2.25. The van der Waals surface area contributed by atoms with Crippen molar-refractivity contribution in [1.82, 2.24) is 9.88 Å². The number of rotatable bonds is 8. The van der Waals surface area contributed by atoms with Crippen molar-refractivity contribution in [3.05, 3.63) is 80.8 Å². The molecule has 0 fully saturated rings. The summed E-state index contributed by atoms with van der Waals surface area (Å²) in [7, 11) is 1.63. The molecule has 0 radical (unpaired) electrons. The number of aromatic nitrogens is 1. The molecule has 8 nitrogen and oxygen atoms in total. The van der Waals surface area contributed by atoms with Gasteiger partial charge in [-0.05, 0) is 25.5 Å². The van der Waals surface area contributed by atoms with E-state index in [1.54, 1.807) is 7.05 Å². The van der Waals surface area contributed by atoms with Gasteiger partial charge < -0.3 is 9.64 Å². The first-order valence-corrected chi connectivity index (χ1v) is 11.3. The number of nitro groups is 1. The maximum atomic E-state index is 12.8. The van der Waals surface area contributed by atoms with Crippen molar-refractivity contribution in [1.29, 1.82) is 0 Å². The maximum Gasteiger partial charge on any atom is 0.340 e. The van der Waals surface area contributed by atoms with Gasteiger partial charge >= 0.3 is 5.97 Å². The average molecular weight is 472 g/mol. The van der Waals surface area contributed by atoms with Crippen molar-refractivity contribution in [3.63, 3.8) is 0 Å². The molecule has 0 N–H and O–H groups in total. The number of thiazole rings is 1. The molecule has 0 saturated carbocycles. The third-order valence-electron chi connectivity index (χ3n) is 4.77. The SMILES string of the molecule is Cc1csc(Sc2ccc([N+](=O)[O-])cc2C(=O)OCC(=O)N(C)C(C)c2ccccc2)n1. The van der Waals surface area contributed by atoms with Crippen molar-refractivity contribution in [2.24, 2.45) is 0 Å². The first-order valence-electron chi connectivity index (χ1n) is 9.62. The Kier molecular flexibility index (Phi) is 7.60. The summed E-state index contributed by atoms with van der Waals surface area (Å²) in [5.41, 5.74) is 1.57. The van der Waals surface area contributed by atoms with Gasteiger partial charge in [0.25, 0.3) is 11.6 Å². The fourth-order valence-corrected chi connectivity index (χ4v) is 4.72. The molecule has 0 aliphatic heterocycles. The lowest BCUT2D eigenvalue weighted by molar-refractivity contribution is -0.384. The van der Waals surface area contributed by atoms with E-state index in [9.17, 15) is 19.7 Å². The van der Waals surface area contributed by atoms with Crippen LogP contribution >= 0.6 is 23.1 Å². The smallest absolute Gasteiger partial charge is 0.340 e. The molecule has 3 rings (SSSR count). The third kappa shape index (κ3) is 5.71. The number of nitrogens with zero attached hydrogens (tertiary/aromatic N) is 3. The summed E-state index contributed by atoms with van der Waals surface area (Å²) in [4.78, 5) is 42.2. The van der Waals surface area contributed by atoms with E-state index < -0.39 is 17.5 Å². The molecule has 2 aromatic carbocycles. The van der Waals surface area contributed by atoms with Gasteiger partial charge in [-0.1, -0.05) is 42.1 Å². The van der Waals surface area contributed by atoms with Crippen LogP contribution in [0, 0.1) is 17.0 Å². The summed E-state index contributed by atoms with van der Waals surface area (Å²) in [5, 5.41) is 13.1. The van der Waals surface area contributed by atoms with Crippen LogP contribution in [-0.4, -0.2) is 40.3 Å². The fourth-order valence-electron chi connectivity index (χ4n) is 2.83. The molecular formula is C22H21N3O5S2. The summed E-state index contributed by atoms with van der Waals surface area (Å²) < 4.78 is 5.92. The summed E-state index contributed by atoms with van der Waals surface area (Å²) in [6.45, 7) is 3.25. The van der Waals surface area contributed by atoms with Gasteiger partial charge in [0.1, 0.15) is 0 Å². The quantitative estimate of drug-likeness (QED) is 0.262. The normalized spacial score (nSPS) is 11.6. The first-order chi connectivity index (χ1) is 15.3. The summed E-state index contributed by atoms with van der Waals surface area (Å²) in [5.74, 6) is -1.19. The second kappa shape index (κ2) is 10.4. The third-order valence-corrected chi connectivity index (χ3v) is 6.90. The molecule has 1 heterocycles. The Balaban J connectivity index is 1.73. The molecular weight excluding hydrogens is 450 g/mol. The molecule has 166 valence electrons. The summed E-state index contributed by atoms with van der Waals surface area (Å²) in [6.07, 6.45) is 0. The largest absolute Gasteiger partial charge is 0.452 e. The number of benzene rings is 2. The van der Waals surface area contributed by atoms with E-state index in [1.807, 2.05) is 49.6 Å². The standard InChI is InChI=1S/C22H21N3O5S2/c1-14-13-31-22(23-14)32-19-10-9-17(25(28)29)11-18(19)21(27)30-12-20(26)24(3)15(2)16-7-5-4-6-8-16/h4-11,13,15H,12H2,1-3H3. The van der Waals surface area contributed by atoms with Gasteiger partial charge in [0, 0.05) is 35.1 Å². The van der Waals surface area contributed by atoms with Gasteiger partial charge in [-0.15, -0.1) is 11.3 Å². The van der Waals surface area contributed by atoms with Gasteiger partial charge in [-0.25, -0.2) is 9.78 Å². The minimum atomic E-state index is -0.807. The van der Waals surface area contributed by atoms with E-state index in [2.05, 4.69) is 4.98 Å². The number of hydrogen-bond acceptors (Lipinski definition) is 8. The summed E-state index contributed by atoms with van der Waals surface area (Å²) in [6, 6.07) is 13.2. The number of nitro benzene ring substituents is 1. The molecule has 10 heteroatoms. The first kappa shape index (κ1) is 23.4. The second-order valence-corrected chi connectivity index (χ2v) is 9.11. The molecule has 1 unspecified atom stereocenters. The zero-order valence-corrected chi connectivity index (χ0v) is 19.3. The molecule has 1 amide bonds. The van der Waals surface area contributed by atoms with Crippen LogP contribution in [0.3, 0.4) is 0 Å². The van der Waals surface area contributed by atoms with Gasteiger partial charge in [0.05, 0.1) is 16.5 Å². The number of amides is 1. The number of esters is 1. The Bertz CT molecular complexity index is 1130. The maximum absolute atomic E-state index is 12.8. The van der Waals surface area contributed by atoms with Crippen LogP contribution < -0.4 is 0 Å². The van der Waals surface area contributed by atoms with Gasteiger partial charge in [0.15, 0.2) is 10.9 Å². The minimum Gasteiger partial charge on any atom is -0.452 e.